The van der Waals surface area contributed by atoms with E-state index in [0.29, 0.717) is 11.1 Å². The Kier molecular flexibility index (Phi) is 10.9. The number of nitrogens with zero attached hydrogens (tertiary/aromatic N) is 1. The Morgan fingerprint density at radius 2 is 1.53 bits per heavy atom. The SMILES string of the molecule is CCCCCCCCCC[N+](C)(C)NCCC(=O)[O-]. The lowest BCUT2D eigenvalue weighted by molar-refractivity contribution is -0.934. The lowest BCUT2D eigenvalue weighted by Gasteiger charge is -2.29. The van der Waals surface area contributed by atoms with Gasteiger partial charge in [-0.2, -0.15) is 5.43 Å². The van der Waals surface area contributed by atoms with Gasteiger partial charge in [0.2, 0.25) is 0 Å². The zero-order valence-corrected chi connectivity index (χ0v) is 13.0. The number of carbonyl (C=O) groups is 1. The van der Waals surface area contributed by atoms with Gasteiger partial charge in [-0.15, -0.1) is 0 Å². The van der Waals surface area contributed by atoms with Crippen molar-refractivity contribution in [3.8, 4) is 0 Å². The maximum absolute atomic E-state index is 10.3. The Morgan fingerprint density at radius 3 is 2.05 bits per heavy atom. The standard InChI is InChI=1S/C15H32N2O2/c1-4-5-6-7-8-9-10-11-14-17(2,3)16-13-12-15(18)19/h16H,4-14H2,1-3H3. The predicted octanol–water partition coefficient (Wildman–Crippen LogP) is 1.85. The number of rotatable bonds is 13. The van der Waals surface area contributed by atoms with E-state index < -0.39 is 5.97 Å². The van der Waals surface area contributed by atoms with Crippen LogP contribution in [0.2, 0.25) is 0 Å². The van der Waals surface area contributed by atoms with E-state index in [9.17, 15) is 9.90 Å². The Labute approximate surface area is 118 Å². The fraction of sp³-hybridized carbons (Fsp3) is 0.933. The maximum Gasteiger partial charge on any atom is 0.0957 e. The number of nitrogens with one attached hydrogen (secondary N) is 1. The van der Waals surface area contributed by atoms with Crippen LogP contribution in [-0.2, 0) is 4.79 Å². The van der Waals surface area contributed by atoms with Crippen LogP contribution in [0, 0.1) is 0 Å². The van der Waals surface area contributed by atoms with Crippen molar-refractivity contribution in [1.29, 1.82) is 0 Å². The van der Waals surface area contributed by atoms with Gasteiger partial charge in [0.15, 0.2) is 0 Å². The first kappa shape index (κ1) is 18.4. The largest absolute Gasteiger partial charge is 0.550 e. The Bertz CT molecular complexity index is 230. The summed E-state index contributed by atoms with van der Waals surface area (Å²) in [5.74, 6) is -0.987. The van der Waals surface area contributed by atoms with Crippen molar-refractivity contribution in [3.05, 3.63) is 0 Å². The molecule has 0 aromatic rings. The number of quaternary nitrogens is 1. The van der Waals surface area contributed by atoms with Gasteiger partial charge in [0, 0.05) is 18.9 Å². The second-order valence-electron chi connectivity index (χ2n) is 5.91. The summed E-state index contributed by atoms with van der Waals surface area (Å²) in [7, 11) is 4.16. The molecule has 0 rings (SSSR count). The zero-order valence-electron chi connectivity index (χ0n) is 13.0. The second kappa shape index (κ2) is 11.2. The van der Waals surface area contributed by atoms with Crippen LogP contribution >= 0.6 is 0 Å². The highest BCUT2D eigenvalue weighted by Gasteiger charge is 2.13. The van der Waals surface area contributed by atoms with Crippen LogP contribution in [0.3, 0.4) is 0 Å². The van der Waals surface area contributed by atoms with Crippen molar-refractivity contribution >= 4 is 5.97 Å². The fourth-order valence-corrected chi connectivity index (χ4v) is 2.18. The number of unbranched alkanes of at least 4 members (excludes halogenated alkanes) is 7. The van der Waals surface area contributed by atoms with Crippen molar-refractivity contribution in [1.82, 2.24) is 5.43 Å². The zero-order chi connectivity index (χ0) is 14.6. The molecule has 0 aliphatic carbocycles. The molecule has 114 valence electrons. The molecule has 1 N–H and O–H groups in total. The molecule has 0 fully saturated rings. The molecule has 0 radical (unpaired) electrons. The third-order valence-electron chi connectivity index (χ3n) is 3.44. The normalized spacial score (nSPS) is 11.7. The Morgan fingerprint density at radius 1 is 1.00 bits per heavy atom. The molecule has 0 spiro atoms. The molecule has 0 amide bonds. The highest BCUT2D eigenvalue weighted by molar-refractivity contribution is 5.64. The number of hydrogen-bond donors (Lipinski definition) is 1. The third kappa shape index (κ3) is 13.6. The van der Waals surface area contributed by atoms with Gasteiger partial charge in [0.25, 0.3) is 0 Å². The molecular weight excluding hydrogens is 240 g/mol. The maximum atomic E-state index is 10.3. The first-order valence-corrected chi connectivity index (χ1v) is 7.76. The van der Waals surface area contributed by atoms with Crippen molar-refractivity contribution in [3.63, 3.8) is 0 Å². The summed E-state index contributed by atoms with van der Waals surface area (Å²) in [5, 5.41) is 10.3. The summed E-state index contributed by atoms with van der Waals surface area (Å²) in [4.78, 5) is 10.3. The smallest absolute Gasteiger partial charge is 0.0957 e. The van der Waals surface area contributed by atoms with Crippen molar-refractivity contribution < 1.29 is 14.5 Å². The van der Waals surface area contributed by atoms with Gasteiger partial charge in [-0.05, 0) is 12.8 Å². The molecule has 0 aromatic heterocycles. The minimum atomic E-state index is -0.987. The molecule has 4 heteroatoms. The van der Waals surface area contributed by atoms with Gasteiger partial charge in [0.05, 0.1) is 20.6 Å². The van der Waals surface area contributed by atoms with E-state index >= 15 is 0 Å². The first-order chi connectivity index (χ1) is 8.98. The van der Waals surface area contributed by atoms with Gasteiger partial charge in [-0.25, -0.2) is 0 Å². The van der Waals surface area contributed by atoms with Gasteiger partial charge < -0.3 is 9.90 Å². The van der Waals surface area contributed by atoms with Crippen molar-refractivity contribution in [2.24, 2.45) is 0 Å². The number of carbonyl (C=O) groups excluding carboxylic acids is 1. The minimum Gasteiger partial charge on any atom is -0.550 e. The van der Waals surface area contributed by atoms with Gasteiger partial charge >= 0.3 is 0 Å². The van der Waals surface area contributed by atoms with Crippen LogP contribution in [0.4, 0.5) is 0 Å². The first-order valence-electron chi connectivity index (χ1n) is 7.76. The number of aliphatic carboxylic acids is 1. The number of hydrogen-bond acceptors (Lipinski definition) is 3. The lowest BCUT2D eigenvalue weighted by Crippen LogP contribution is -2.53. The van der Waals surface area contributed by atoms with E-state index in [0.717, 1.165) is 6.54 Å². The number of carboxylic acids is 1. The highest BCUT2D eigenvalue weighted by Crippen LogP contribution is 2.09. The predicted molar refractivity (Wildman–Crippen MR) is 77.2 cm³/mol. The molecule has 0 bridgehead atoms. The summed E-state index contributed by atoms with van der Waals surface area (Å²) in [6.07, 6.45) is 10.6. The van der Waals surface area contributed by atoms with Gasteiger partial charge in [0.1, 0.15) is 0 Å². The Balaban J connectivity index is 3.39. The molecule has 4 nitrogen and oxygen atoms in total. The molecule has 0 aromatic carbocycles. The van der Waals surface area contributed by atoms with Crippen LogP contribution in [0.15, 0.2) is 0 Å². The van der Waals surface area contributed by atoms with Crippen LogP contribution in [0.25, 0.3) is 0 Å². The molecule has 0 unspecified atom stereocenters. The van der Waals surface area contributed by atoms with E-state index in [2.05, 4.69) is 26.4 Å². The van der Waals surface area contributed by atoms with Gasteiger partial charge in [-0.1, -0.05) is 45.4 Å². The van der Waals surface area contributed by atoms with E-state index in [1.807, 2.05) is 0 Å². The summed E-state index contributed by atoms with van der Waals surface area (Å²) in [6.45, 7) is 3.77. The van der Waals surface area contributed by atoms with Crippen molar-refractivity contribution in [2.45, 2.75) is 64.7 Å². The van der Waals surface area contributed by atoms with E-state index in [-0.39, 0.29) is 6.42 Å². The monoisotopic (exact) mass is 272 g/mol. The summed E-state index contributed by atoms with van der Waals surface area (Å²) in [6, 6.07) is 0. The third-order valence-corrected chi connectivity index (χ3v) is 3.44. The molecule has 0 atom stereocenters. The van der Waals surface area contributed by atoms with E-state index in [1.165, 1.54) is 51.4 Å². The van der Waals surface area contributed by atoms with Crippen molar-refractivity contribution in [2.75, 3.05) is 27.2 Å². The lowest BCUT2D eigenvalue weighted by atomic mass is 10.1. The fourth-order valence-electron chi connectivity index (χ4n) is 2.18. The minimum absolute atomic E-state index is 0.0824. The van der Waals surface area contributed by atoms with E-state index in [4.69, 9.17) is 0 Å². The van der Waals surface area contributed by atoms with Crippen LogP contribution in [0.1, 0.15) is 64.7 Å². The van der Waals surface area contributed by atoms with Crippen LogP contribution in [0.5, 0.6) is 0 Å². The second-order valence-corrected chi connectivity index (χ2v) is 5.91. The Hall–Kier alpha value is -0.610. The topological polar surface area (TPSA) is 52.2 Å². The molecule has 0 heterocycles. The average molecular weight is 272 g/mol. The van der Waals surface area contributed by atoms with Crippen LogP contribution < -0.4 is 10.5 Å². The molecule has 19 heavy (non-hydrogen) atoms. The highest BCUT2D eigenvalue weighted by atomic mass is 16.4. The molecule has 0 saturated heterocycles. The average Bonchev–Trinajstić information content (AvgIpc) is 2.31. The van der Waals surface area contributed by atoms with Gasteiger partial charge in [-0.3, -0.25) is 4.59 Å². The summed E-state index contributed by atoms with van der Waals surface area (Å²) < 4.78 is 0.684. The molecule has 0 saturated carbocycles. The summed E-state index contributed by atoms with van der Waals surface area (Å²) in [5.41, 5.74) is 3.23. The number of carboxylic acid groups (broad SMARTS) is 1. The summed E-state index contributed by atoms with van der Waals surface area (Å²) >= 11 is 0. The molecule has 0 aliphatic heterocycles. The quantitative estimate of drug-likeness (QED) is 0.316. The molecule has 0 aliphatic rings. The molecular formula is C15H32N2O2. The van der Waals surface area contributed by atoms with E-state index in [1.54, 1.807) is 0 Å². The van der Waals surface area contributed by atoms with Crippen LogP contribution in [-0.4, -0.2) is 37.7 Å².